The van der Waals surface area contributed by atoms with Crippen molar-refractivity contribution in [1.29, 1.82) is 0 Å². The van der Waals surface area contributed by atoms with Crippen LogP contribution in [-0.2, 0) is 4.74 Å². The first-order valence-corrected chi connectivity index (χ1v) is 4.36. The first-order chi connectivity index (χ1) is 6.79. The van der Waals surface area contributed by atoms with Gasteiger partial charge in [0.25, 0.3) is 0 Å². The predicted octanol–water partition coefficient (Wildman–Crippen LogP) is 2.74. The molecule has 2 aromatic rings. The van der Waals surface area contributed by atoms with E-state index < -0.39 is 0 Å². The normalized spacial score (nSPS) is 10.6. The summed E-state index contributed by atoms with van der Waals surface area (Å²) in [6, 6.07) is 5.20. The van der Waals surface area contributed by atoms with Gasteiger partial charge in [0.05, 0.1) is 0 Å². The number of methoxy groups -OCH3 is 1. The van der Waals surface area contributed by atoms with Crippen LogP contribution in [0.5, 0.6) is 5.75 Å². The zero-order chi connectivity index (χ0) is 9.97. The molecule has 1 heterocycles. The standard InChI is InChI=1S/C9H8O4S/c1-10-5-11-6-2-3-7-8(4-6)13-9(14)12-7/h2-4H,5H2,1H3. The fourth-order valence-electron chi connectivity index (χ4n) is 1.07. The molecule has 1 aromatic carbocycles. The van der Waals surface area contributed by atoms with Gasteiger partial charge in [-0.2, -0.15) is 0 Å². The molecule has 0 spiro atoms. The van der Waals surface area contributed by atoms with Gasteiger partial charge in [-0.3, -0.25) is 0 Å². The minimum atomic E-state index is 0.115. The number of hydrogen-bond acceptors (Lipinski definition) is 5. The van der Waals surface area contributed by atoms with Crippen molar-refractivity contribution in [1.82, 2.24) is 0 Å². The van der Waals surface area contributed by atoms with E-state index in [2.05, 4.69) is 0 Å². The van der Waals surface area contributed by atoms with Gasteiger partial charge in [-0.1, -0.05) is 0 Å². The van der Waals surface area contributed by atoms with Crippen molar-refractivity contribution in [2.75, 3.05) is 13.9 Å². The van der Waals surface area contributed by atoms with Crippen LogP contribution in [0.3, 0.4) is 0 Å². The van der Waals surface area contributed by atoms with Crippen molar-refractivity contribution >= 4 is 23.4 Å². The molecule has 0 N–H and O–H groups in total. The van der Waals surface area contributed by atoms with Crippen molar-refractivity contribution < 1.29 is 18.3 Å². The quantitative estimate of drug-likeness (QED) is 0.578. The number of benzene rings is 1. The van der Waals surface area contributed by atoms with E-state index in [1.165, 1.54) is 0 Å². The first kappa shape index (κ1) is 9.23. The number of fused-ring (bicyclic) bond motifs is 1. The minimum absolute atomic E-state index is 0.115. The lowest BCUT2D eigenvalue weighted by Crippen LogP contribution is -1.98. The summed E-state index contributed by atoms with van der Waals surface area (Å²) in [4.78, 5) is 0.115. The van der Waals surface area contributed by atoms with Crippen LogP contribution in [-0.4, -0.2) is 13.9 Å². The Balaban J connectivity index is 2.35. The Labute approximate surface area is 85.0 Å². The lowest BCUT2D eigenvalue weighted by atomic mass is 10.3. The zero-order valence-electron chi connectivity index (χ0n) is 7.48. The SMILES string of the molecule is COCOc1ccc2oc(=S)oc2c1. The lowest BCUT2D eigenvalue weighted by Gasteiger charge is -2.02. The van der Waals surface area contributed by atoms with Crippen molar-refractivity contribution in [2.24, 2.45) is 0 Å². The summed E-state index contributed by atoms with van der Waals surface area (Å²) in [5.41, 5.74) is 1.18. The van der Waals surface area contributed by atoms with E-state index in [0.717, 1.165) is 0 Å². The molecule has 0 atom stereocenters. The summed E-state index contributed by atoms with van der Waals surface area (Å²) in [6.07, 6.45) is 0. The van der Waals surface area contributed by atoms with Gasteiger partial charge in [0.2, 0.25) is 0 Å². The molecule has 0 bridgehead atoms. The Morgan fingerprint density at radius 1 is 1.29 bits per heavy atom. The van der Waals surface area contributed by atoms with Gasteiger partial charge in [-0.25, -0.2) is 0 Å². The summed E-state index contributed by atoms with van der Waals surface area (Å²) >= 11 is 4.74. The van der Waals surface area contributed by atoms with Crippen molar-refractivity contribution in [3.63, 3.8) is 0 Å². The molecule has 0 aliphatic heterocycles. The highest BCUT2D eigenvalue weighted by molar-refractivity contribution is 7.71. The molecule has 0 aliphatic carbocycles. The number of hydrogen-bond donors (Lipinski definition) is 0. The van der Waals surface area contributed by atoms with Gasteiger partial charge in [0.15, 0.2) is 18.0 Å². The summed E-state index contributed by atoms with van der Waals surface area (Å²) in [5, 5.41) is 0. The average molecular weight is 212 g/mol. The number of ether oxygens (including phenoxy) is 2. The second-order valence-corrected chi connectivity index (χ2v) is 2.95. The molecular formula is C9H8O4S. The van der Waals surface area contributed by atoms with E-state index in [0.29, 0.717) is 16.9 Å². The van der Waals surface area contributed by atoms with Gasteiger partial charge in [-0.15, -0.1) is 0 Å². The van der Waals surface area contributed by atoms with Gasteiger partial charge in [-0.05, 0) is 12.1 Å². The van der Waals surface area contributed by atoms with E-state index in [1.54, 1.807) is 25.3 Å². The molecule has 2 rings (SSSR count). The Hall–Kier alpha value is -1.33. The molecule has 1 aromatic heterocycles. The van der Waals surface area contributed by atoms with Crippen LogP contribution < -0.4 is 4.74 Å². The van der Waals surface area contributed by atoms with Crippen molar-refractivity contribution in [3.8, 4) is 5.75 Å². The van der Waals surface area contributed by atoms with Crippen LogP contribution in [0, 0.1) is 4.90 Å². The summed E-state index contributed by atoms with van der Waals surface area (Å²) in [6.45, 7) is 0.199. The molecule has 5 heteroatoms. The summed E-state index contributed by atoms with van der Waals surface area (Å²) < 4.78 is 20.2. The highest BCUT2D eigenvalue weighted by atomic mass is 32.1. The van der Waals surface area contributed by atoms with E-state index in [4.69, 9.17) is 30.5 Å². The molecule has 0 radical (unpaired) electrons. The molecule has 14 heavy (non-hydrogen) atoms. The Bertz CT molecular complexity index is 485. The van der Waals surface area contributed by atoms with Crippen LogP contribution in [0.2, 0.25) is 0 Å². The third-order valence-corrected chi connectivity index (χ3v) is 1.81. The maximum atomic E-state index is 5.21. The molecule has 0 aliphatic rings. The van der Waals surface area contributed by atoms with Crippen LogP contribution in [0.4, 0.5) is 0 Å². The second-order valence-electron chi connectivity index (χ2n) is 2.61. The third-order valence-electron chi connectivity index (χ3n) is 1.65. The molecule has 74 valence electrons. The average Bonchev–Trinajstić information content (AvgIpc) is 2.54. The maximum absolute atomic E-state index is 5.21. The van der Waals surface area contributed by atoms with Crippen LogP contribution in [0.25, 0.3) is 11.2 Å². The fourth-order valence-corrected chi connectivity index (χ4v) is 1.25. The van der Waals surface area contributed by atoms with Gasteiger partial charge >= 0.3 is 4.90 Å². The Morgan fingerprint density at radius 3 is 2.86 bits per heavy atom. The first-order valence-electron chi connectivity index (χ1n) is 3.95. The summed E-state index contributed by atoms with van der Waals surface area (Å²) in [5.74, 6) is 0.652. The monoisotopic (exact) mass is 212 g/mol. The third kappa shape index (κ3) is 1.78. The van der Waals surface area contributed by atoms with E-state index in [1.807, 2.05) is 0 Å². The predicted molar refractivity (Wildman–Crippen MR) is 51.8 cm³/mol. The minimum Gasteiger partial charge on any atom is -0.467 e. The zero-order valence-corrected chi connectivity index (χ0v) is 8.30. The van der Waals surface area contributed by atoms with Crippen LogP contribution in [0.1, 0.15) is 0 Å². The van der Waals surface area contributed by atoms with Crippen LogP contribution in [0.15, 0.2) is 27.0 Å². The van der Waals surface area contributed by atoms with Crippen molar-refractivity contribution in [2.45, 2.75) is 0 Å². The maximum Gasteiger partial charge on any atom is 0.363 e. The molecule has 4 nitrogen and oxygen atoms in total. The Kier molecular flexibility index (Phi) is 2.51. The van der Waals surface area contributed by atoms with Gasteiger partial charge in [0.1, 0.15) is 5.75 Å². The van der Waals surface area contributed by atoms with E-state index >= 15 is 0 Å². The molecule has 0 amide bonds. The fraction of sp³-hybridized carbons (Fsp3) is 0.222. The smallest absolute Gasteiger partial charge is 0.363 e. The van der Waals surface area contributed by atoms with Crippen LogP contribution >= 0.6 is 12.2 Å². The topological polar surface area (TPSA) is 44.7 Å². The lowest BCUT2D eigenvalue weighted by molar-refractivity contribution is 0.0512. The largest absolute Gasteiger partial charge is 0.467 e. The van der Waals surface area contributed by atoms with Gasteiger partial charge in [0, 0.05) is 25.4 Å². The Morgan fingerprint density at radius 2 is 2.07 bits per heavy atom. The van der Waals surface area contributed by atoms with E-state index in [9.17, 15) is 0 Å². The summed E-state index contributed by atoms with van der Waals surface area (Å²) in [7, 11) is 1.56. The highest BCUT2D eigenvalue weighted by Crippen LogP contribution is 2.22. The highest BCUT2D eigenvalue weighted by Gasteiger charge is 2.02. The van der Waals surface area contributed by atoms with Gasteiger partial charge < -0.3 is 18.3 Å². The van der Waals surface area contributed by atoms with E-state index in [-0.39, 0.29) is 11.7 Å². The second kappa shape index (κ2) is 3.81. The number of rotatable bonds is 3. The molecule has 0 fully saturated rings. The molecule has 0 saturated heterocycles. The molecule has 0 saturated carbocycles. The molecule has 0 unspecified atom stereocenters. The molecular weight excluding hydrogens is 204 g/mol. The van der Waals surface area contributed by atoms with Crippen molar-refractivity contribution in [3.05, 3.63) is 23.1 Å².